The minimum atomic E-state index is 0.468. The summed E-state index contributed by atoms with van der Waals surface area (Å²) in [6, 6.07) is 61.1. The standard InChI is InChI=1S/C56H36S/c1-2-16-36(17-3-1)52-44-23-10-12-25-46(44)55(47-26-13-11-24-45(47)52)49-27-14-28-50-56(49)48-32-31-39(34-51(48)57-50)54-42-21-8-6-19-40(42)53(41-20-7-9-22-43(41)54)38-30-29-35-15-4-5-18-37(35)33-38/h1-28,30-35H,29H2. The van der Waals surface area contributed by atoms with Crippen molar-refractivity contribution in [2.24, 2.45) is 5.92 Å². The van der Waals surface area contributed by atoms with Crippen LogP contribution < -0.4 is 0 Å². The van der Waals surface area contributed by atoms with Crippen LogP contribution in [-0.2, 0) is 0 Å². The Balaban J connectivity index is 1.09. The van der Waals surface area contributed by atoms with Crippen molar-refractivity contribution in [1.82, 2.24) is 0 Å². The van der Waals surface area contributed by atoms with Gasteiger partial charge < -0.3 is 0 Å². The highest BCUT2D eigenvalue weighted by Gasteiger charge is 2.23. The van der Waals surface area contributed by atoms with Crippen molar-refractivity contribution in [3.8, 4) is 33.4 Å². The topological polar surface area (TPSA) is 0 Å². The molecule has 1 unspecified atom stereocenters. The van der Waals surface area contributed by atoms with Crippen LogP contribution in [0.3, 0.4) is 0 Å². The summed E-state index contributed by atoms with van der Waals surface area (Å²) in [5.74, 6) is 0.468. The molecule has 0 radical (unpaired) electrons. The minimum Gasteiger partial charge on any atom is -0.135 e. The summed E-state index contributed by atoms with van der Waals surface area (Å²) < 4.78 is 2.62. The monoisotopic (exact) mass is 740 g/mol. The Morgan fingerprint density at radius 3 is 1.61 bits per heavy atom. The zero-order valence-electron chi connectivity index (χ0n) is 31.2. The molecule has 12 rings (SSSR count). The van der Waals surface area contributed by atoms with Crippen LogP contribution in [0.25, 0.3) is 102 Å². The molecule has 57 heavy (non-hydrogen) atoms. The molecule has 0 spiro atoms. The average Bonchev–Trinajstić information content (AvgIpc) is 3.66. The third-order valence-corrected chi connectivity index (χ3v) is 13.5. The van der Waals surface area contributed by atoms with Gasteiger partial charge in [0.25, 0.3) is 0 Å². The van der Waals surface area contributed by atoms with Gasteiger partial charge in [0.15, 0.2) is 0 Å². The van der Waals surface area contributed by atoms with E-state index in [9.17, 15) is 0 Å². The Kier molecular flexibility index (Phi) is 7.33. The molecular formula is C56H36S. The second-order valence-electron chi connectivity index (χ2n) is 15.4. The SMILES string of the molecule is C1=CC2=CC(c3c4ccccc4c(-c4ccc5c(c4)sc4cccc(-c6c7ccccc7c(-c7ccccc7)c7ccccc67)c45)c4ccccc34)=CCC2C=C1. The first kappa shape index (κ1) is 32.4. The molecule has 0 saturated carbocycles. The van der Waals surface area contributed by atoms with Crippen LogP contribution in [-0.4, -0.2) is 0 Å². The minimum absolute atomic E-state index is 0.468. The van der Waals surface area contributed by atoms with Crippen LogP contribution >= 0.6 is 11.3 Å². The quantitative estimate of drug-likeness (QED) is 0.158. The van der Waals surface area contributed by atoms with E-state index in [2.05, 4.69) is 200 Å². The van der Waals surface area contributed by atoms with Gasteiger partial charge in [0.2, 0.25) is 0 Å². The maximum atomic E-state index is 2.46. The van der Waals surface area contributed by atoms with Crippen molar-refractivity contribution in [2.45, 2.75) is 6.42 Å². The molecule has 1 atom stereocenters. The third-order valence-electron chi connectivity index (χ3n) is 12.4. The van der Waals surface area contributed by atoms with Crippen LogP contribution in [0.15, 0.2) is 206 Å². The maximum absolute atomic E-state index is 2.46. The van der Waals surface area contributed by atoms with Crippen molar-refractivity contribution in [1.29, 1.82) is 0 Å². The fraction of sp³-hybridized carbons (Fsp3) is 0.0357. The molecule has 0 bridgehead atoms. The molecule has 0 N–H and O–H groups in total. The molecule has 0 amide bonds. The molecule has 2 aliphatic carbocycles. The number of hydrogen-bond donors (Lipinski definition) is 0. The molecular weight excluding hydrogens is 705 g/mol. The summed E-state index contributed by atoms with van der Waals surface area (Å²) in [7, 11) is 0. The smallest absolute Gasteiger partial charge is 0.0361 e. The predicted octanol–water partition coefficient (Wildman–Crippen LogP) is 16.1. The molecule has 1 aromatic heterocycles. The summed E-state index contributed by atoms with van der Waals surface area (Å²) in [6.45, 7) is 0. The van der Waals surface area contributed by atoms with Crippen LogP contribution in [0.1, 0.15) is 12.0 Å². The van der Waals surface area contributed by atoms with Crippen molar-refractivity contribution in [2.75, 3.05) is 0 Å². The average molecular weight is 741 g/mol. The second-order valence-corrected chi connectivity index (χ2v) is 16.5. The zero-order chi connectivity index (χ0) is 37.5. The lowest BCUT2D eigenvalue weighted by Crippen LogP contribution is -2.06. The molecule has 10 aromatic rings. The van der Waals surface area contributed by atoms with Gasteiger partial charge in [0, 0.05) is 26.1 Å². The highest BCUT2D eigenvalue weighted by atomic mass is 32.1. The summed E-state index contributed by atoms with van der Waals surface area (Å²) in [5.41, 5.74) is 11.8. The van der Waals surface area contributed by atoms with Crippen molar-refractivity contribution >= 4 is 80.2 Å². The normalized spacial score (nSPS) is 15.2. The van der Waals surface area contributed by atoms with Gasteiger partial charge in [-0.15, -0.1) is 11.3 Å². The van der Waals surface area contributed by atoms with E-state index < -0.39 is 0 Å². The van der Waals surface area contributed by atoms with Crippen molar-refractivity contribution < 1.29 is 0 Å². The Morgan fingerprint density at radius 2 is 0.982 bits per heavy atom. The molecule has 0 nitrogen and oxygen atoms in total. The van der Waals surface area contributed by atoms with E-state index in [1.54, 1.807) is 0 Å². The molecule has 0 aliphatic heterocycles. The van der Waals surface area contributed by atoms with Gasteiger partial charge >= 0.3 is 0 Å². The van der Waals surface area contributed by atoms with E-state index in [4.69, 9.17) is 0 Å². The summed E-state index contributed by atoms with van der Waals surface area (Å²) in [5, 5.41) is 13.0. The van der Waals surface area contributed by atoms with E-state index in [1.807, 2.05) is 11.3 Å². The fourth-order valence-corrected chi connectivity index (χ4v) is 11.1. The van der Waals surface area contributed by atoms with E-state index in [-0.39, 0.29) is 0 Å². The number of fused-ring (bicyclic) bond motifs is 8. The van der Waals surface area contributed by atoms with E-state index in [0.717, 1.165) is 6.42 Å². The molecule has 1 heteroatoms. The fourth-order valence-electron chi connectivity index (χ4n) is 9.91. The summed E-state index contributed by atoms with van der Waals surface area (Å²) >= 11 is 1.91. The Bertz CT molecular complexity index is 3310. The lowest BCUT2D eigenvalue weighted by atomic mass is 9.80. The first-order valence-corrected chi connectivity index (χ1v) is 20.8. The lowest BCUT2D eigenvalue weighted by Gasteiger charge is -2.24. The number of thiophene rings is 1. The summed E-state index contributed by atoms with van der Waals surface area (Å²) in [4.78, 5) is 0. The van der Waals surface area contributed by atoms with Crippen molar-refractivity contribution in [3.05, 3.63) is 211 Å². The largest absolute Gasteiger partial charge is 0.135 e. The maximum Gasteiger partial charge on any atom is 0.0361 e. The number of rotatable bonds is 4. The highest BCUT2D eigenvalue weighted by Crippen LogP contribution is 2.50. The molecule has 0 saturated heterocycles. The van der Waals surface area contributed by atoms with E-state index in [0.29, 0.717) is 5.92 Å². The van der Waals surface area contributed by atoms with Crippen molar-refractivity contribution in [3.63, 3.8) is 0 Å². The molecule has 0 fully saturated rings. The second kappa shape index (κ2) is 12.9. The van der Waals surface area contributed by atoms with Gasteiger partial charge in [-0.05, 0) is 112 Å². The molecule has 2 aliphatic rings. The van der Waals surface area contributed by atoms with Crippen LogP contribution in [0.5, 0.6) is 0 Å². The first-order valence-electron chi connectivity index (χ1n) is 20.0. The van der Waals surface area contributed by atoms with E-state index >= 15 is 0 Å². The lowest BCUT2D eigenvalue weighted by molar-refractivity contribution is 0.783. The highest BCUT2D eigenvalue weighted by molar-refractivity contribution is 7.26. The van der Waals surface area contributed by atoms with Gasteiger partial charge in [-0.25, -0.2) is 0 Å². The summed E-state index contributed by atoms with van der Waals surface area (Å²) in [6.07, 6.45) is 14.9. The third kappa shape index (κ3) is 4.99. The number of allylic oxidation sites excluding steroid dienone is 8. The van der Waals surface area contributed by atoms with Gasteiger partial charge in [-0.1, -0.05) is 188 Å². The Morgan fingerprint density at radius 1 is 0.421 bits per heavy atom. The first-order chi connectivity index (χ1) is 28.3. The molecule has 9 aromatic carbocycles. The Hall–Kier alpha value is -6.80. The zero-order valence-corrected chi connectivity index (χ0v) is 32.1. The van der Waals surface area contributed by atoms with Crippen LogP contribution in [0, 0.1) is 5.92 Å². The predicted molar refractivity (Wildman–Crippen MR) is 248 cm³/mol. The number of benzene rings is 9. The van der Waals surface area contributed by atoms with Gasteiger partial charge in [-0.3, -0.25) is 0 Å². The van der Waals surface area contributed by atoms with Crippen LogP contribution in [0.2, 0.25) is 0 Å². The van der Waals surface area contributed by atoms with E-state index in [1.165, 1.54) is 113 Å². The Labute approximate surface area is 335 Å². The van der Waals surface area contributed by atoms with Crippen LogP contribution in [0.4, 0.5) is 0 Å². The number of hydrogen-bond acceptors (Lipinski definition) is 1. The molecule has 266 valence electrons. The van der Waals surface area contributed by atoms with Gasteiger partial charge in [0.05, 0.1) is 0 Å². The molecule has 1 heterocycles. The van der Waals surface area contributed by atoms with Gasteiger partial charge in [0.1, 0.15) is 0 Å². The van der Waals surface area contributed by atoms with Gasteiger partial charge in [-0.2, -0.15) is 0 Å².